The summed E-state index contributed by atoms with van der Waals surface area (Å²) < 4.78 is 0. The highest BCUT2D eigenvalue weighted by molar-refractivity contribution is 5.83. The van der Waals surface area contributed by atoms with E-state index in [2.05, 4.69) is 12.3 Å². The van der Waals surface area contributed by atoms with E-state index in [4.69, 9.17) is 5.73 Å². The first-order chi connectivity index (χ1) is 6.59. The fraction of sp³-hybridized carbons (Fsp3) is 0.667. The Balaban J connectivity index is 2.26. The number of likely N-dealkylation sites (N-methyl/N-ethyl adjacent to an activating group) is 1. The Hall–Kier alpha value is -1.07. The zero-order valence-electron chi connectivity index (χ0n) is 8.53. The van der Waals surface area contributed by atoms with Crippen LogP contribution < -0.4 is 11.2 Å². The lowest BCUT2D eigenvalue weighted by Crippen LogP contribution is -2.40. The van der Waals surface area contributed by atoms with Crippen LogP contribution in [-0.2, 0) is 4.79 Å². The molecule has 1 amide bonds. The summed E-state index contributed by atoms with van der Waals surface area (Å²) in [5.41, 5.74) is 8.99. The van der Waals surface area contributed by atoms with Crippen molar-refractivity contribution in [3.8, 4) is 0 Å². The molecule has 0 bridgehead atoms. The van der Waals surface area contributed by atoms with E-state index in [9.17, 15) is 4.79 Å². The number of nitrogens with one attached hydrogen (secondary N) is 1. The summed E-state index contributed by atoms with van der Waals surface area (Å²) in [7, 11) is 1.77. The van der Waals surface area contributed by atoms with Crippen LogP contribution in [0.15, 0.2) is 11.9 Å². The first kappa shape index (κ1) is 9.48. The summed E-state index contributed by atoms with van der Waals surface area (Å²) in [5, 5.41) is 2.00. The van der Waals surface area contributed by atoms with Crippen molar-refractivity contribution in [2.75, 3.05) is 13.6 Å². The Morgan fingerprint density at radius 2 is 2.36 bits per heavy atom. The summed E-state index contributed by atoms with van der Waals surface area (Å²) in [6, 6.07) is -0.0850. The molecule has 1 fully saturated rings. The van der Waals surface area contributed by atoms with E-state index in [0.717, 1.165) is 12.4 Å². The van der Waals surface area contributed by atoms with Crippen LogP contribution in [0.5, 0.6) is 0 Å². The van der Waals surface area contributed by atoms with Crippen molar-refractivity contribution in [3.05, 3.63) is 11.9 Å². The molecule has 2 rings (SSSR count). The maximum atomic E-state index is 11.7. The van der Waals surface area contributed by atoms with Gasteiger partial charge in [0.05, 0.1) is 6.04 Å². The molecular weight excluding hydrogens is 180 g/mol. The topological polar surface area (TPSA) is 61.6 Å². The third-order valence-corrected chi connectivity index (χ3v) is 2.69. The molecule has 3 N–H and O–H groups in total. The minimum atomic E-state index is -0.372. The van der Waals surface area contributed by atoms with Crippen LogP contribution in [0.3, 0.4) is 0 Å². The number of hydrogen-bond acceptors (Lipinski definition) is 4. The van der Waals surface area contributed by atoms with Crippen molar-refractivity contribution in [2.45, 2.75) is 25.4 Å². The van der Waals surface area contributed by atoms with Crippen LogP contribution >= 0.6 is 0 Å². The SMILES string of the molecule is CC1C=C2N(CCC(N)C(=O)N2C)N1. The molecule has 0 aromatic carbocycles. The molecule has 0 aliphatic carbocycles. The maximum absolute atomic E-state index is 11.7. The number of hydrogen-bond donors (Lipinski definition) is 2. The smallest absolute Gasteiger partial charge is 0.244 e. The van der Waals surface area contributed by atoms with Crippen molar-refractivity contribution in [1.29, 1.82) is 0 Å². The van der Waals surface area contributed by atoms with Gasteiger partial charge in [-0.25, -0.2) is 5.43 Å². The first-order valence-corrected chi connectivity index (χ1v) is 4.88. The zero-order valence-corrected chi connectivity index (χ0v) is 8.53. The van der Waals surface area contributed by atoms with Crippen molar-refractivity contribution in [2.24, 2.45) is 5.73 Å². The highest BCUT2D eigenvalue weighted by Crippen LogP contribution is 2.19. The van der Waals surface area contributed by atoms with Gasteiger partial charge in [-0.15, -0.1) is 0 Å². The molecule has 0 aromatic rings. The van der Waals surface area contributed by atoms with E-state index in [1.165, 1.54) is 0 Å². The second-order valence-corrected chi connectivity index (χ2v) is 3.89. The molecule has 14 heavy (non-hydrogen) atoms. The monoisotopic (exact) mass is 196 g/mol. The van der Waals surface area contributed by atoms with Gasteiger partial charge in [0.15, 0.2) is 0 Å². The molecule has 2 heterocycles. The number of hydrazine groups is 1. The van der Waals surface area contributed by atoms with Crippen LogP contribution in [0, 0.1) is 0 Å². The fourth-order valence-electron chi connectivity index (χ4n) is 1.89. The molecule has 2 aliphatic heterocycles. The van der Waals surface area contributed by atoms with E-state index >= 15 is 0 Å². The molecule has 1 saturated heterocycles. The van der Waals surface area contributed by atoms with Gasteiger partial charge >= 0.3 is 0 Å². The fourth-order valence-corrected chi connectivity index (χ4v) is 1.89. The van der Waals surface area contributed by atoms with E-state index in [0.29, 0.717) is 6.42 Å². The van der Waals surface area contributed by atoms with Gasteiger partial charge in [-0.1, -0.05) is 0 Å². The normalized spacial score (nSPS) is 32.8. The molecule has 0 spiro atoms. The molecule has 0 aromatic heterocycles. The predicted molar refractivity (Wildman–Crippen MR) is 52.7 cm³/mol. The van der Waals surface area contributed by atoms with Gasteiger partial charge in [-0.3, -0.25) is 14.7 Å². The number of amides is 1. The summed E-state index contributed by atoms with van der Waals surface area (Å²) in [5.74, 6) is 0.921. The number of rotatable bonds is 0. The maximum Gasteiger partial charge on any atom is 0.244 e. The summed E-state index contributed by atoms with van der Waals surface area (Å²) >= 11 is 0. The molecule has 5 nitrogen and oxygen atoms in total. The quantitative estimate of drug-likeness (QED) is 0.534. The van der Waals surface area contributed by atoms with Crippen molar-refractivity contribution in [1.82, 2.24) is 15.3 Å². The second-order valence-electron chi connectivity index (χ2n) is 3.89. The van der Waals surface area contributed by atoms with Crippen LogP contribution in [0.2, 0.25) is 0 Å². The molecule has 2 unspecified atom stereocenters. The van der Waals surface area contributed by atoms with Crippen LogP contribution in [0.1, 0.15) is 13.3 Å². The summed E-state index contributed by atoms with van der Waals surface area (Å²) in [4.78, 5) is 13.3. The average Bonchev–Trinajstić information content (AvgIpc) is 2.49. The Kier molecular flexibility index (Phi) is 2.20. The lowest BCUT2D eigenvalue weighted by Gasteiger charge is -2.24. The Morgan fingerprint density at radius 3 is 3.07 bits per heavy atom. The molecule has 78 valence electrons. The van der Waals surface area contributed by atoms with Crippen molar-refractivity contribution < 1.29 is 4.79 Å². The van der Waals surface area contributed by atoms with Crippen LogP contribution in [0.4, 0.5) is 0 Å². The minimum absolute atomic E-state index is 0.00495. The predicted octanol–water partition coefficient (Wildman–Crippen LogP) is -0.774. The average molecular weight is 196 g/mol. The van der Waals surface area contributed by atoms with Crippen LogP contribution in [0.25, 0.3) is 0 Å². The number of carbonyl (C=O) groups is 1. The zero-order chi connectivity index (χ0) is 10.3. The van der Waals surface area contributed by atoms with Gasteiger partial charge in [0.25, 0.3) is 0 Å². The number of nitrogens with two attached hydrogens (primary N) is 1. The molecule has 0 radical (unpaired) electrons. The Labute approximate surface area is 83.5 Å². The minimum Gasteiger partial charge on any atom is -0.320 e. The molecule has 2 aliphatic rings. The number of carbonyl (C=O) groups excluding carboxylic acids is 1. The van der Waals surface area contributed by atoms with Crippen molar-refractivity contribution >= 4 is 5.91 Å². The first-order valence-electron chi connectivity index (χ1n) is 4.88. The van der Waals surface area contributed by atoms with E-state index in [-0.39, 0.29) is 18.0 Å². The largest absolute Gasteiger partial charge is 0.320 e. The molecule has 2 atom stereocenters. The van der Waals surface area contributed by atoms with E-state index in [1.54, 1.807) is 11.9 Å². The van der Waals surface area contributed by atoms with Gasteiger partial charge in [0, 0.05) is 19.6 Å². The standard InChI is InChI=1S/C9H16N4O/c1-6-5-8-12(2)9(14)7(10)3-4-13(8)11-6/h5-7,11H,3-4,10H2,1-2H3. The van der Waals surface area contributed by atoms with Gasteiger partial charge < -0.3 is 5.73 Å². The van der Waals surface area contributed by atoms with Gasteiger partial charge in [0.2, 0.25) is 5.91 Å². The summed E-state index contributed by atoms with van der Waals surface area (Å²) in [6.07, 6.45) is 2.73. The Morgan fingerprint density at radius 1 is 1.64 bits per heavy atom. The van der Waals surface area contributed by atoms with E-state index in [1.807, 2.05) is 11.1 Å². The van der Waals surface area contributed by atoms with Gasteiger partial charge in [-0.05, 0) is 19.4 Å². The molecule has 5 heteroatoms. The van der Waals surface area contributed by atoms with Crippen LogP contribution in [-0.4, -0.2) is 41.5 Å². The second kappa shape index (κ2) is 3.25. The summed E-state index contributed by atoms with van der Waals surface area (Å²) in [6.45, 7) is 2.84. The lowest BCUT2D eigenvalue weighted by atomic mass is 10.2. The number of fused-ring (bicyclic) bond motifs is 1. The Bertz CT molecular complexity index is 289. The highest BCUT2D eigenvalue weighted by atomic mass is 16.2. The van der Waals surface area contributed by atoms with E-state index < -0.39 is 0 Å². The third kappa shape index (κ3) is 1.38. The molecular formula is C9H16N4O. The number of nitrogens with zero attached hydrogens (tertiary/aromatic N) is 2. The highest BCUT2D eigenvalue weighted by Gasteiger charge is 2.32. The van der Waals surface area contributed by atoms with Crippen molar-refractivity contribution in [3.63, 3.8) is 0 Å². The molecule has 0 saturated carbocycles. The lowest BCUT2D eigenvalue weighted by molar-refractivity contribution is -0.129. The van der Waals surface area contributed by atoms with Gasteiger partial charge in [-0.2, -0.15) is 0 Å². The van der Waals surface area contributed by atoms with Gasteiger partial charge in [0.1, 0.15) is 5.82 Å². The third-order valence-electron chi connectivity index (χ3n) is 2.69.